The fraction of sp³-hybridized carbons (Fsp3) is 0.292. The molecule has 1 aliphatic heterocycles. The lowest BCUT2D eigenvalue weighted by Gasteiger charge is -2.23. The van der Waals surface area contributed by atoms with Gasteiger partial charge in [0.2, 0.25) is 5.75 Å². The average molecular weight is 436 g/mol. The summed E-state index contributed by atoms with van der Waals surface area (Å²) in [4.78, 5) is 30.3. The number of methoxy groups -OCH3 is 1. The molecule has 0 radical (unpaired) electrons. The number of hydrogen-bond acceptors (Lipinski definition) is 7. The maximum absolute atomic E-state index is 13.0. The third kappa shape index (κ3) is 4.30. The lowest BCUT2D eigenvalue weighted by atomic mass is 10.1. The molecule has 0 saturated carbocycles. The molecule has 0 aliphatic carbocycles. The zero-order chi connectivity index (χ0) is 22.7. The second-order valence-electron chi connectivity index (χ2n) is 7.64. The number of carbonyl (C=O) groups is 2. The molecule has 8 nitrogen and oxygen atoms in total. The van der Waals surface area contributed by atoms with Crippen LogP contribution in [0.5, 0.6) is 17.2 Å². The van der Waals surface area contributed by atoms with Gasteiger partial charge in [-0.15, -0.1) is 0 Å². The molecule has 1 amide bonds. The quantitative estimate of drug-likeness (QED) is 0.587. The molecular formula is C24H24N2O6. The van der Waals surface area contributed by atoms with E-state index in [9.17, 15) is 9.59 Å². The van der Waals surface area contributed by atoms with Gasteiger partial charge in [0.1, 0.15) is 13.2 Å². The lowest BCUT2D eigenvalue weighted by Crippen LogP contribution is -2.36. The predicted molar refractivity (Wildman–Crippen MR) is 118 cm³/mol. The largest absolute Gasteiger partial charge is 0.493 e. The smallest absolute Gasteiger partial charge is 0.339 e. The number of rotatable bonds is 6. The molecule has 32 heavy (non-hydrogen) atoms. The van der Waals surface area contributed by atoms with Crippen LogP contribution in [0.15, 0.2) is 48.7 Å². The van der Waals surface area contributed by atoms with Crippen molar-refractivity contribution < 1.29 is 28.5 Å². The van der Waals surface area contributed by atoms with Gasteiger partial charge in [0.15, 0.2) is 17.6 Å². The summed E-state index contributed by atoms with van der Waals surface area (Å²) in [6.45, 7) is 4.39. The third-order valence-electron chi connectivity index (χ3n) is 5.07. The van der Waals surface area contributed by atoms with Crippen LogP contribution in [-0.2, 0) is 9.53 Å². The molecule has 4 rings (SSSR count). The Kier molecular flexibility index (Phi) is 6.11. The zero-order valence-corrected chi connectivity index (χ0v) is 18.1. The molecule has 1 unspecified atom stereocenters. The third-order valence-corrected chi connectivity index (χ3v) is 5.07. The minimum atomic E-state index is -1.01. The molecular weight excluding hydrogens is 412 g/mol. The van der Waals surface area contributed by atoms with Crippen LogP contribution < -0.4 is 19.5 Å². The van der Waals surface area contributed by atoms with E-state index in [2.05, 4.69) is 10.3 Å². The van der Waals surface area contributed by atoms with Crippen LogP contribution in [0.4, 0.5) is 5.69 Å². The number of ether oxygens (including phenoxy) is 4. The Bertz CT molecular complexity index is 1140. The van der Waals surface area contributed by atoms with Crippen molar-refractivity contribution in [2.75, 3.05) is 25.6 Å². The van der Waals surface area contributed by atoms with Gasteiger partial charge in [-0.25, -0.2) is 4.79 Å². The van der Waals surface area contributed by atoms with E-state index in [-0.39, 0.29) is 11.5 Å². The summed E-state index contributed by atoms with van der Waals surface area (Å²) in [5.41, 5.74) is 1.56. The Morgan fingerprint density at radius 3 is 2.69 bits per heavy atom. The van der Waals surface area contributed by atoms with Crippen LogP contribution in [-0.4, -0.2) is 43.3 Å². The minimum Gasteiger partial charge on any atom is -0.493 e. The summed E-state index contributed by atoms with van der Waals surface area (Å²) in [5.74, 6) is -0.133. The second-order valence-corrected chi connectivity index (χ2v) is 7.64. The van der Waals surface area contributed by atoms with Crippen LogP contribution >= 0.6 is 0 Å². The first kappa shape index (κ1) is 21.4. The number of benzene rings is 2. The number of aromatic nitrogens is 1. The van der Waals surface area contributed by atoms with Gasteiger partial charge < -0.3 is 24.3 Å². The Labute approximate surface area is 185 Å². The first-order chi connectivity index (χ1) is 15.5. The molecule has 8 heteroatoms. The first-order valence-corrected chi connectivity index (χ1v) is 10.3. The first-order valence-electron chi connectivity index (χ1n) is 10.3. The molecule has 166 valence electrons. The lowest BCUT2D eigenvalue weighted by molar-refractivity contribution is -0.126. The van der Waals surface area contributed by atoms with Crippen molar-refractivity contribution in [2.24, 2.45) is 5.92 Å². The summed E-state index contributed by atoms with van der Waals surface area (Å²) >= 11 is 0. The number of hydrogen-bond donors (Lipinski definition) is 1. The minimum absolute atomic E-state index is 0.207. The van der Waals surface area contributed by atoms with E-state index < -0.39 is 18.0 Å². The molecule has 0 spiro atoms. The number of esters is 1. The summed E-state index contributed by atoms with van der Waals surface area (Å²) < 4.78 is 22.1. The standard InChI is InChI=1S/C24H24N2O6/c1-14(2)21(23(27)26-18-8-4-7-17-16(18)6-5-9-25-17)32-24(28)15-12-19(29-3)22-20(13-15)30-10-11-31-22/h4-9,12-14,21H,10-11H2,1-3H3,(H,26,27). The second kappa shape index (κ2) is 9.13. The van der Waals surface area contributed by atoms with Crippen LogP contribution in [0, 0.1) is 5.92 Å². The van der Waals surface area contributed by atoms with Gasteiger partial charge in [-0.2, -0.15) is 0 Å². The van der Waals surface area contributed by atoms with E-state index in [0.29, 0.717) is 36.1 Å². The van der Waals surface area contributed by atoms with E-state index in [1.807, 2.05) is 32.0 Å². The van der Waals surface area contributed by atoms with Gasteiger partial charge in [-0.3, -0.25) is 9.78 Å². The number of amides is 1. The van der Waals surface area contributed by atoms with Gasteiger partial charge in [0.25, 0.3) is 5.91 Å². The van der Waals surface area contributed by atoms with E-state index in [0.717, 1.165) is 10.9 Å². The normalized spacial score (nSPS) is 13.5. The highest BCUT2D eigenvalue weighted by molar-refractivity contribution is 6.03. The van der Waals surface area contributed by atoms with E-state index in [1.165, 1.54) is 19.2 Å². The number of carbonyl (C=O) groups excluding carboxylic acids is 2. The number of anilines is 1. The highest BCUT2D eigenvalue weighted by Crippen LogP contribution is 2.40. The van der Waals surface area contributed by atoms with Crippen molar-refractivity contribution >= 4 is 28.5 Å². The van der Waals surface area contributed by atoms with Crippen molar-refractivity contribution in [3.63, 3.8) is 0 Å². The highest BCUT2D eigenvalue weighted by atomic mass is 16.6. The predicted octanol–water partition coefficient (Wildman–Crippen LogP) is 3.83. The van der Waals surface area contributed by atoms with Gasteiger partial charge >= 0.3 is 5.97 Å². The van der Waals surface area contributed by atoms with E-state index in [4.69, 9.17) is 18.9 Å². The van der Waals surface area contributed by atoms with E-state index in [1.54, 1.807) is 18.3 Å². The molecule has 0 fully saturated rings. The summed E-state index contributed by atoms with van der Waals surface area (Å²) in [7, 11) is 1.48. The number of pyridine rings is 1. The Morgan fingerprint density at radius 2 is 1.91 bits per heavy atom. The average Bonchev–Trinajstić information content (AvgIpc) is 2.81. The van der Waals surface area contributed by atoms with Gasteiger partial charge in [-0.1, -0.05) is 19.9 Å². The van der Waals surface area contributed by atoms with Crippen molar-refractivity contribution in [1.29, 1.82) is 0 Å². The molecule has 3 aromatic rings. The van der Waals surface area contributed by atoms with Crippen LogP contribution in [0.1, 0.15) is 24.2 Å². The zero-order valence-electron chi connectivity index (χ0n) is 18.1. The number of nitrogens with zero attached hydrogens (tertiary/aromatic N) is 1. The van der Waals surface area contributed by atoms with Crippen molar-refractivity contribution in [3.8, 4) is 17.2 Å². The SMILES string of the molecule is COc1cc(C(=O)OC(C(=O)Nc2cccc3ncccc23)C(C)C)cc2c1OCCO2. The molecule has 0 saturated heterocycles. The maximum Gasteiger partial charge on any atom is 0.339 e. The van der Waals surface area contributed by atoms with Crippen molar-refractivity contribution in [3.05, 3.63) is 54.2 Å². The fourth-order valence-corrected chi connectivity index (χ4v) is 3.48. The number of nitrogens with one attached hydrogen (secondary N) is 1. The molecule has 0 bridgehead atoms. The van der Waals surface area contributed by atoms with Gasteiger partial charge in [0, 0.05) is 11.6 Å². The summed E-state index contributed by atoms with van der Waals surface area (Å²) in [5, 5.41) is 3.67. The fourth-order valence-electron chi connectivity index (χ4n) is 3.48. The molecule has 1 aromatic heterocycles. The molecule has 1 N–H and O–H groups in total. The molecule has 2 aromatic carbocycles. The molecule has 2 heterocycles. The van der Waals surface area contributed by atoms with Crippen molar-refractivity contribution in [1.82, 2.24) is 4.98 Å². The highest BCUT2D eigenvalue weighted by Gasteiger charge is 2.29. The summed E-state index contributed by atoms with van der Waals surface area (Å²) in [6.07, 6.45) is 0.683. The maximum atomic E-state index is 13.0. The Hall–Kier alpha value is -3.81. The topological polar surface area (TPSA) is 96.0 Å². The Morgan fingerprint density at radius 1 is 1.09 bits per heavy atom. The van der Waals surface area contributed by atoms with Gasteiger partial charge in [0.05, 0.1) is 23.9 Å². The number of fused-ring (bicyclic) bond motifs is 2. The molecule has 1 atom stereocenters. The van der Waals surface area contributed by atoms with Crippen LogP contribution in [0.3, 0.4) is 0 Å². The van der Waals surface area contributed by atoms with Crippen LogP contribution in [0.25, 0.3) is 10.9 Å². The monoisotopic (exact) mass is 436 g/mol. The Balaban J connectivity index is 1.56. The van der Waals surface area contributed by atoms with Gasteiger partial charge in [-0.05, 0) is 42.3 Å². The summed E-state index contributed by atoms with van der Waals surface area (Å²) in [6, 6.07) is 12.2. The van der Waals surface area contributed by atoms with Crippen LogP contribution in [0.2, 0.25) is 0 Å². The van der Waals surface area contributed by atoms with E-state index >= 15 is 0 Å². The van der Waals surface area contributed by atoms with Crippen molar-refractivity contribution in [2.45, 2.75) is 20.0 Å². The molecule has 1 aliphatic rings.